The Kier molecular flexibility index (Phi) is 1.12. The van der Waals surface area contributed by atoms with E-state index in [-0.39, 0.29) is 6.10 Å². The fourth-order valence-corrected chi connectivity index (χ4v) is 1.33. The first-order chi connectivity index (χ1) is 3.54. The third-order valence-corrected chi connectivity index (χ3v) is 2.17. The molecule has 1 rings (SSSR count). The van der Waals surface area contributed by atoms with E-state index in [0.717, 1.165) is 0 Å². The largest absolute Gasteiger partial charge is 0.393 e. The SMILES string of the molecule is C[C@H](O)C1CC1(C)C. The topological polar surface area (TPSA) is 20.2 Å². The van der Waals surface area contributed by atoms with Crippen molar-refractivity contribution in [2.24, 2.45) is 11.3 Å². The van der Waals surface area contributed by atoms with Gasteiger partial charge in [-0.15, -0.1) is 0 Å². The Bertz CT molecular complexity index is 94.6. The van der Waals surface area contributed by atoms with E-state index >= 15 is 0 Å². The van der Waals surface area contributed by atoms with Crippen LogP contribution in [0.1, 0.15) is 27.2 Å². The minimum absolute atomic E-state index is 0.0926. The molecular weight excluding hydrogens is 100 g/mol. The summed E-state index contributed by atoms with van der Waals surface area (Å²) in [7, 11) is 0. The van der Waals surface area contributed by atoms with E-state index in [9.17, 15) is 0 Å². The van der Waals surface area contributed by atoms with Gasteiger partial charge in [-0.25, -0.2) is 0 Å². The van der Waals surface area contributed by atoms with Crippen LogP contribution in [0.5, 0.6) is 0 Å². The minimum Gasteiger partial charge on any atom is -0.393 e. The lowest BCUT2D eigenvalue weighted by molar-refractivity contribution is 0.155. The molecule has 0 saturated heterocycles. The minimum atomic E-state index is -0.0926. The number of rotatable bonds is 1. The van der Waals surface area contributed by atoms with E-state index in [1.807, 2.05) is 6.92 Å². The van der Waals surface area contributed by atoms with E-state index in [4.69, 9.17) is 5.11 Å². The molecule has 0 aromatic heterocycles. The van der Waals surface area contributed by atoms with E-state index in [0.29, 0.717) is 11.3 Å². The average Bonchev–Trinajstić information content (AvgIpc) is 2.13. The molecule has 0 spiro atoms. The molecule has 0 aliphatic heterocycles. The standard InChI is InChI=1S/C7H14O/c1-5(8)6-4-7(6,2)3/h5-6,8H,4H2,1-3H3/t5-,6?/m0/s1. The van der Waals surface area contributed by atoms with Crippen molar-refractivity contribution >= 4 is 0 Å². The van der Waals surface area contributed by atoms with Crippen molar-refractivity contribution in [3.8, 4) is 0 Å². The van der Waals surface area contributed by atoms with Crippen LogP contribution in [0.2, 0.25) is 0 Å². The molecule has 48 valence electrons. The molecule has 1 aliphatic carbocycles. The van der Waals surface area contributed by atoms with Crippen LogP contribution in [0.15, 0.2) is 0 Å². The maximum Gasteiger partial charge on any atom is 0.0545 e. The molecule has 1 aliphatic rings. The number of hydrogen-bond donors (Lipinski definition) is 1. The highest BCUT2D eigenvalue weighted by Crippen LogP contribution is 2.53. The third kappa shape index (κ3) is 0.873. The first kappa shape index (κ1) is 6.09. The van der Waals surface area contributed by atoms with Gasteiger partial charge in [0, 0.05) is 0 Å². The first-order valence-electron chi connectivity index (χ1n) is 3.22. The lowest BCUT2D eigenvalue weighted by atomic mass is 10.1. The smallest absolute Gasteiger partial charge is 0.0545 e. The monoisotopic (exact) mass is 114 g/mol. The Balaban J connectivity index is 2.37. The highest BCUT2D eigenvalue weighted by molar-refractivity contribution is 4.97. The molecular formula is C7H14O. The Labute approximate surface area is 50.7 Å². The van der Waals surface area contributed by atoms with E-state index in [1.165, 1.54) is 6.42 Å². The maximum absolute atomic E-state index is 9.03. The molecule has 1 unspecified atom stereocenters. The zero-order chi connectivity index (χ0) is 6.36. The molecule has 8 heavy (non-hydrogen) atoms. The number of aliphatic hydroxyl groups excluding tert-OH is 1. The molecule has 0 heterocycles. The summed E-state index contributed by atoms with van der Waals surface area (Å²) in [5, 5.41) is 9.03. The van der Waals surface area contributed by atoms with Crippen LogP contribution < -0.4 is 0 Å². The second kappa shape index (κ2) is 1.47. The summed E-state index contributed by atoms with van der Waals surface area (Å²) in [6.45, 7) is 6.27. The van der Waals surface area contributed by atoms with Crippen LogP contribution in [0.3, 0.4) is 0 Å². The fourth-order valence-electron chi connectivity index (χ4n) is 1.33. The van der Waals surface area contributed by atoms with Gasteiger partial charge in [0.1, 0.15) is 0 Å². The van der Waals surface area contributed by atoms with Gasteiger partial charge in [0.25, 0.3) is 0 Å². The third-order valence-electron chi connectivity index (χ3n) is 2.17. The second-order valence-electron chi connectivity index (χ2n) is 3.54. The Morgan fingerprint density at radius 1 is 1.62 bits per heavy atom. The molecule has 0 aromatic carbocycles. The lowest BCUT2D eigenvalue weighted by Crippen LogP contribution is -2.06. The Hall–Kier alpha value is -0.0400. The van der Waals surface area contributed by atoms with E-state index < -0.39 is 0 Å². The van der Waals surface area contributed by atoms with Crippen molar-refractivity contribution in [1.82, 2.24) is 0 Å². The fraction of sp³-hybridized carbons (Fsp3) is 1.00. The van der Waals surface area contributed by atoms with Gasteiger partial charge < -0.3 is 5.11 Å². The molecule has 0 bridgehead atoms. The molecule has 1 heteroatoms. The van der Waals surface area contributed by atoms with Crippen molar-refractivity contribution in [3.63, 3.8) is 0 Å². The van der Waals surface area contributed by atoms with Gasteiger partial charge in [-0.2, -0.15) is 0 Å². The zero-order valence-electron chi connectivity index (χ0n) is 5.81. The Morgan fingerprint density at radius 3 is 2.00 bits per heavy atom. The predicted molar refractivity (Wildman–Crippen MR) is 33.6 cm³/mol. The molecule has 0 aromatic rings. The summed E-state index contributed by atoms with van der Waals surface area (Å²) in [5.41, 5.74) is 0.439. The molecule has 1 saturated carbocycles. The van der Waals surface area contributed by atoms with Crippen LogP contribution in [0.25, 0.3) is 0 Å². The summed E-state index contributed by atoms with van der Waals surface area (Å²) in [5.74, 6) is 0.572. The van der Waals surface area contributed by atoms with Gasteiger partial charge in [-0.05, 0) is 24.7 Å². The van der Waals surface area contributed by atoms with Crippen LogP contribution in [0.4, 0.5) is 0 Å². The highest BCUT2D eigenvalue weighted by Gasteiger charge is 2.48. The van der Waals surface area contributed by atoms with E-state index in [2.05, 4.69) is 13.8 Å². The summed E-state index contributed by atoms with van der Waals surface area (Å²) in [6.07, 6.45) is 1.11. The van der Waals surface area contributed by atoms with Gasteiger partial charge in [0.2, 0.25) is 0 Å². The van der Waals surface area contributed by atoms with Gasteiger partial charge in [-0.1, -0.05) is 13.8 Å². The molecule has 2 atom stereocenters. The number of aliphatic hydroxyl groups is 1. The van der Waals surface area contributed by atoms with Crippen molar-refractivity contribution in [2.45, 2.75) is 33.3 Å². The quantitative estimate of drug-likeness (QED) is 0.546. The lowest BCUT2D eigenvalue weighted by Gasteiger charge is -2.03. The summed E-state index contributed by atoms with van der Waals surface area (Å²) < 4.78 is 0. The normalized spacial score (nSPS) is 36.8. The average molecular weight is 114 g/mol. The second-order valence-corrected chi connectivity index (χ2v) is 3.54. The number of hydrogen-bond acceptors (Lipinski definition) is 1. The van der Waals surface area contributed by atoms with Gasteiger partial charge in [0.15, 0.2) is 0 Å². The van der Waals surface area contributed by atoms with Crippen molar-refractivity contribution in [2.75, 3.05) is 0 Å². The summed E-state index contributed by atoms with van der Waals surface area (Å²) >= 11 is 0. The molecule has 1 nitrogen and oxygen atoms in total. The van der Waals surface area contributed by atoms with Crippen LogP contribution >= 0.6 is 0 Å². The Morgan fingerprint density at radius 2 is 2.00 bits per heavy atom. The first-order valence-corrected chi connectivity index (χ1v) is 3.22. The van der Waals surface area contributed by atoms with Gasteiger partial charge in [0.05, 0.1) is 6.10 Å². The van der Waals surface area contributed by atoms with Gasteiger partial charge in [-0.3, -0.25) is 0 Å². The summed E-state index contributed by atoms with van der Waals surface area (Å²) in [4.78, 5) is 0. The van der Waals surface area contributed by atoms with E-state index in [1.54, 1.807) is 0 Å². The maximum atomic E-state index is 9.03. The van der Waals surface area contributed by atoms with Crippen molar-refractivity contribution in [1.29, 1.82) is 0 Å². The molecule has 0 radical (unpaired) electrons. The zero-order valence-corrected chi connectivity index (χ0v) is 5.81. The predicted octanol–water partition coefficient (Wildman–Crippen LogP) is 1.41. The van der Waals surface area contributed by atoms with Crippen molar-refractivity contribution in [3.05, 3.63) is 0 Å². The van der Waals surface area contributed by atoms with Crippen LogP contribution in [-0.4, -0.2) is 11.2 Å². The van der Waals surface area contributed by atoms with Crippen molar-refractivity contribution < 1.29 is 5.11 Å². The van der Waals surface area contributed by atoms with Crippen LogP contribution in [-0.2, 0) is 0 Å². The molecule has 0 amide bonds. The van der Waals surface area contributed by atoms with Gasteiger partial charge >= 0.3 is 0 Å². The molecule has 1 N–H and O–H groups in total. The van der Waals surface area contributed by atoms with Crippen LogP contribution in [0, 0.1) is 11.3 Å². The highest BCUT2D eigenvalue weighted by atomic mass is 16.3. The summed E-state index contributed by atoms with van der Waals surface area (Å²) in [6, 6.07) is 0. The molecule has 1 fully saturated rings.